The van der Waals surface area contributed by atoms with Crippen molar-refractivity contribution in [2.75, 3.05) is 0 Å². The molecule has 0 unspecified atom stereocenters. The first kappa shape index (κ1) is 18.7. The molecular weight excluding hydrogens is 360 g/mol. The van der Waals surface area contributed by atoms with Gasteiger partial charge in [-0.2, -0.15) is 4.99 Å². The van der Waals surface area contributed by atoms with Crippen LogP contribution in [0.5, 0.6) is 0 Å². The molecular formula is C23H15F2NS. The van der Waals surface area contributed by atoms with Crippen molar-refractivity contribution in [1.29, 1.82) is 0 Å². The van der Waals surface area contributed by atoms with E-state index in [0.29, 0.717) is 11.1 Å². The lowest BCUT2D eigenvalue weighted by molar-refractivity contribution is 0.588. The van der Waals surface area contributed by atoms with Crippen LogP contribution in [0.4, 0.5) is 14.5 Å². The molecule has 0 fully saturated rings. The first-order valence-electron chi connectivity index (χ1n) is 8.39. The number of halogens is 2. The van der Waals surface area contributed by atoms with Gasteiger partial charge in [-0.1, -0.05) is 43.0 Å². The van der Waals surface area contributed by atoms with Gasteiger partial charge in [-0.15, -0.1) is 0 Å². The lowest BCUT2D eigenvalue weighted by Gasteiger charge is -2.05. The fraction of sp³-hybridized carbons (Fsp3) is 0.0870. The maximum Gasteiger partial charge on any atom is 0.153 e. The molecule has 27 heavy (non-hydrogen) atoms. The van der Waals surface area contributed by atoms with E-state index in [0.717, 1.165) is 17.5 Å². The standard InChI is InChI=1S/C23H15F2NS/c1-2-16-3-5-17(6-4-16)7-8-18-9-11-19(12-10-18)20-13-21(24)23(26-15-27)22(25)14-20/h3-6,9-14H,2H2,1H3. The Kier molecular flexibility index (Phi) is 5.88. The van der Waals surface area contributed by atoms with E-state index in [1.165, 1.54) is 17.7 Å². The Hall–Kier alpha value is -3.12. The van der Waals surface area contributed by atoms with Gasteiger partial charge in [0.15, 0.2) is 11.6 Å². The molecule has 4 heteroatoms. The summed E-state index contributed by atoms with van der Waals surface area (Å²) in [6.07, 6.45) is 0.995. The number of nitrogens with zero attached hydrogens (tertiary/aromatic N) is 1. The van der Waals surface area contributed by atoms with E-state index >= 15 is 0 Å². The fourth-order valence-electron chi connectivity index (χ4n) is 2.60. The molecule has 1 nitrogen and oxygen atoms in total. The Bertz CT molecular complexity index is 1050. The van der Waals surface area contributed by atoms with Crippen LogP contribution in [0.15, 0.2) is 65.7 Å². The topological polar surface area (TPSA) is 12.4 Å². The van der Waals surface area contributed by atoms with Crippen LogP contribution < -0.4 is 0 Å². The minimum absolute atomic E-state index is 0.419. The van der Waals surface area contributed by atoms with Crippen molar-refractivity contribution in [3.8, 4) is 23.0 Å². The minimum Gasteiger partial charge on any atom is -0.204 e. The van der Waals surface area contributed by atoms with Crippen molar-refractivity contribution in [3.63, 3.8) is 0 Å². The lowest BCUT2D eigenvalue weighted by Crippen LogP contribution is -1.87. The molecule has 0 atom stereocenters. The second kappa shape index (κ2) is 8.51. The van der Waals surface area contributed by atoms with Crippen LogP contribution in [-0.2, 0) is 6.42 Å². The highest BCUT2D eigenvalue weighted by molar-refractivity contribution is 7.78. The Morgan fingerprint density at radius 2 is 1.33 bits per heavy atom. The highest BCUT2D eigenvalue weighted by atomic mass is 32.1. The molecule has 0 N–H and O–H groups in total. The van der Waals surface area contributed by atoms with Gasteiger partial charge in [-0.25, -0.2) is 8.78 Å². The maximum absolute atomic E-state index is 14.0. The van der Waals surface area contributed by atoms with Crippen molar-refractivity contribution < 1.29 is 8.78 Å². The molecule has 0 aliphatic rings. The van der Waals surface area contributed by atoms with E-state index in [1.54, 1.807) is 12.1 Å². The molecule has 0 aliphatic heterocycles. The molecule has 3 aromatic carbocycles. The number of hydrogen-bond acceptors (Lipinski definition) is 2. The average Bonchev–Trinajstić information content (AvgIpc) is 2.70. The molecule has 0 saturated carbocycles. The molecule has 0 radical (unpaired) electrons. The van der Waals surface area contributed by atoms with Gasteiger partial charge in [-0.05, 0) is 71.7 Å². The number of hydrogen-bond donors (Lipinski definition) is 0. The monoisotopic (exact) mass is 375 g/mol. The maximum atomic E-state index is 14.0. The molecule has 132 valence electrons. The number of benzene rings is 3. The van der Waals surface area contributed by atoms with E-state index < -0.39 is 17.3 Å². The van der Waals surface area contributed by atoms with Gasteiger partial charge < -0.3 is 0 Å². The third kappa shape index (κ3) is 4.54. The average molecular weight is 375 g/mol. The second-order valence-corrected chi connectivity index (χ2v) is 6.05. The normalized spacial score (nSPS) is 9.89. The summed E-state index contributed by atoms with van der Waals surface area (Å²) in [6, 6.07) is 17.8. The van der Waals surface area contributed by atoms with Gasteiger partial charge in [-0.3, -0.25) is 0 Å². The SMILES string of the molecule is CCc1ccc(C#Cc2ccc(-c3cc(F)c(N=C=S)c(F)c3)cc2)cc1. The smallest absolute Gasteiger partial charge is 0.153 e. The minimum atomic E-state index is -0.776. The predicted molar refractivity (Wildman–Crippen MR) is 108 cm³/mol. The van der Waals surface area contributed by atoms with Gasteiger partial charge in [0.05, 0.1) is 5.16 Å². The summed E-state index contributed by atoms with van der Waals surface area (Å²) in [4.78, 5) is 3.42. The highest BCUT2D eigenvalue weighted by Crippen LogP contribution is 2.29. The molecule has 0 aliphatic carbocycles. The van der Waals surface area contributed by atoms with Crippen LogP contribution in [0, 0.1) is 23.5 Å². The summed E-state index contributed by atoms with van der Waals surface area (Å²) in [7, 11) is 0. The number of aliphatic imine (C=N–C) groups is 1. The summed E-state index contributed by atoms with van der Waals surface area (Å²) in [6.45, 7) is 2.11. The Morgan fingerprint density at radius 3 is 1.81 bits per heavy atom. The summed E-state index contributed by atoms with van der Waals surface area (Å²) in [5.41, 5.74) is 3.71. The van der Waals surface area contributed by atoms with E-state index in [4.69, 9.17) is 0 Å². The van der Waals surface area contributed by atoms with Crippen molar-refractivity contribution in [2.45, 2.75) is 13.3 Å². The summed E-state index contributed by atoms with van der Waals surface area (Å²) in [5.74, 6) is 4.65. The third-order valence-corrected chi connectivity index (χ3v) is 4.20. The number of aryl methyl sites for hydroxylation is 1. The van der Waals surface area contributed by atoms with E-state index in [-0.39, 0.29) is 0 Å². The van der Waals surface area contributed by atoms with Crippen molar-refractivity contribution in [2.24, 2.45) is 4.99 Å². The molecule has 3 aromatic rings. The van der Waals surface area contributed by atoms with Crippen LogP contribution in [0.2, 0.25) is 0 Å². The van der Waals surface area contributed by atoms with E-state index in [1.807, 2.05) is 29.4 Å². The highest BCUT2D eigenvalue weighted by Gasteiger charge is 2.11. The Labute approximate surface area is 162 Å². The summed E-state index contributed by atoms with van der Waals surface area (Å²) in [5, 5.41) is 1.98. The number of thiocarbonyl (C=S) groups is 1. The number of rotatable bonds is 3. The fourth-order valence-corrected chi connectivity index (χ4v) is 2.69. The first-order valence-corrected chi connectivity index (χ1v) is 8.80. The van der Waals surface area contributed by atoms with Crippen LogP contribution in [-0.4, -0.2) is 5.16 Å². The Balaban J connectivity index is 1.83. The molecule has 0 aromatic heterocycles. The van der Waals surface area contributed by atoms with Gasteiger partial charge in [0.2, 0.25) is 0 Å². The van der Waals surface area contributed by atoms with Crippen LogP contribution in [0.3, 0.4) is 0 Å². The van der Waals surface area contributed by atoms with Gasteiger partial charge in [0.25, 0.3) is 0 Å². The van der Waals surface area contributed by atoms with E-state index in [9.17, 15) is 8.78 Å². The molecule has 0 heterocycles. The van der Waals surface area contributed by atoms with Gasteiger partial charge in [0, 0.05) is 11.1 Å². The second-order valence-electron chi connectivity index (χ2n) is 5.87. The third-order valence-electron chi connectivity index (χ3n) is 4.11. The van der Waals surface area contributed by atoms with E-state index in [2.05, 4.69) is 48.1 Å². The zero-order valence-electron chi connectivity index (χ0n) is 14.6. The van der Waals surface area contributed by atoms with Crippen molar-refractivity contribution >= 4 is 23.1 Å². The largest absolute Gasteiger partial charge is 0.204 e. The van der Waals surface area contributed by atoms with Gasteiger partial charge in [0.1, 0.15) is 5.69 Å². The molecule has 0 bridgehead atoms. The van der Waals surface area contributed by atoms with Crippen LogP contribution in [0.25, 0.3) is 11.1 Å². The van der Waals surface area contributed by atoms with Crippen LogP contribution >= 0.6 is 12.2 Å². The van der Waals surface area contributed by atoms with Crippen LogP contribution in [0.1, 0.15) is 23.6 Å². The Morgan fingerprint density at radius 1 is 0.815 bits per heavy atom. The zero-order valence-corrected chi connectivity index (χ0v) is 15.4. The molecule has 0 spiro atoms. The summed E-state index contributed by atoms with van der Waals surface area (Å²) >= 11 is 4.40. The van der Waals surface area contributed by atoms with Crippen molar-refractivity contribution in [1.82, 2.24) is 0 Å². The summed E-state index contributed by atoms with van der Waals surface area (Å²) < 4.78 is 28.0. The quantitative estimate of drug-likeness (QED) is 0.296. The zero-order chi connectivity index (χ0) is 19.2. The molecule has 0 amide bonds. The number of isothiocyanates is 1. The first-order chi connectivity index (χ1) is 13.1. The predicted octanol–water partition coefficient (Wildman–Crippen LogP) is 6.33. The molecule has 3 rings (SSSR count). The lowest BCUT2D eigenvalue weighted by atomic mass is 10.0. The molecule has 0 saturated heterocycles. The van der Waals surface area contributed by atoms with Crippen molar-refractivity contribution in [3.05, 3.63) is 89.0 Å². The van der Waals surface area contributed by atoms with Gasteiger partial charge >= 0.3 is 0 Å².